The lowest BCUT2D eigenvalue weighted by Crippen LogP contribution is -1.98. The smallest absolute Gasteiger partial charge is 0.138 e. The van der Waals surface area contributed by atoms with Crippen molar-refractivity contribution < 1.29 is 0 Å². The first kappa shape index (κ1) is 31.9. The molecule has 6 heterocycles. The van der Waals surface area contributed by atoms with Gasteiger partial charge >= 0.3 is 0 Å². The molecule has 0 aliphatic carbocycles. The number of halogens is 2. The minimum Gasteiger partial charge on any atom is -0.361 e. The fourth-order valence-electron chi connectivity index (χ4n) is 5.39. The van der Waals surface area contributed by atoms with E-state index in [9.17, 15) is 10.5 Å². The quantitative estimate of drug-likeness (QED) is 0.163. The van der Waals surface area contributed by atoms with Crippen LogP contribution in [0.3, 0.4) is 0 Å². The Labute approximate surface area is 297 Å². The number of nitrogens with zero attached hydrogens (tertiary/aromatic N) is 10. The van der Waals surface area contributed by atoms with Crippen LogP contribution in [-0.2, 0) is 0 Å². The molecule has 8 aromatic rings. The van der Waals surface area contributed by atoms with Crippen LogP contribution >= 0.6 is 27.5 Å². The van der Waals surface area contributed by atoms with E-state index in [0.717, 1.165) is 59.9 Å². The van der Waals surface area contributed by atoms with E-state index in [1.807, 2.05) is 67.0 Å². The molecule has 0 aliphatic heterocycles. The largest absolute Gasteiger partial charge is 0.361 e. The number of fused-ring (bicyclic) bond motifs is 2. The third kappa shape index (κ3) is 6.55. The summed E-state index contributed by atoms with van der Waals surface area (Å²) in [5, 5.41) is 30.2. The van der Waals surface area contributed by atoms with E-state index >= 15 is 0 Å². The Morgan fingerprint density at radius 3 is 1.72 bits per heavy atom. The normalized spacial score (nSPS) is 11.6. The number of pyridine rings is 2. The van der Waals surface area contributed by atoms with Gasteiger partial charge in [-0.2, -0.15) is 20.7 Å². The fraction of sp³-hybridized carbons (Fsp3) is 0. The number of nitriles is 2. The molecule has 0 radical (unpaired) electrons. The third-order valence-electron chi connectivity index (χ3n) is 7.70. The molecule has 0 spiro atoms. The molecule has 240 valence electrons. The molecule has 12 nitrogen and oxygen atoms in total. The van der Waals surface area contributed by atoms with Crippen molar-refractivity contribution in [2.45, 2.75) is 0 Å². The summed E-state index contributed by atoms with van der Waals surface area (Å²) >= 11 is 9.59. The van der Waals surface area contributed by atoms with Gasteiger partial charge in [-0.3, -0.25) is 9.97 Å². The predicted molar refractivity (Wildman–Crippen MR) is 195 cm³/mol. The van der Waals surface area contributed by atoms with Crippen molar-refractivity contribution in [3.05, 3.63) is 143 Å². The minimum absolute atomic E-state index is 0.503. The average Bonchev–Trinajstić information content (AvgIpc) is 3.98. The number of nitrogens with one attached hydrogen (secondary N) is 2. The first-order chi connectivity index (χ1) is 24.5. The maximum absolute atomic E-state index is 9.71. The summed E-state index contributed by atoms with van der Waals surface area (Å²) in [7, 11) is 0. The summed E-state index contributed by atoms with van der Waals surface area (Å²) in [6, 6.07) is 19.7. The van der Waals surface area contributed by atoms with Crippen LogP contribution in [0.5, 0.6) is 0 Å². The van der Waals surface area contributed by atoms with Crippen LogP contribution in [0.1, 0.15) is 22.3 Å². The molecule has 0 aliphatic rings. The van der Waals surface area contributed by atoms with Gasteiger partial charge in [0.25, 0.3) is 0 Å². The zero-order valence-electron chi connectivity index (χ0n) is 25.8. The van der Waals surface area contributed by atoms with E-state index in [4.69, 9.17) is 11.6 Å². The molecule has 14 heteroatoms. The summed E-state index contributed by atoms with van der Waals surface area (Å²) < 4.78 is 4.24. The molecule has 0 saturated heterocycles. The summed E-state index contributed by atoms with van der Waals surface area (Å²) in [6.45, 7) is 0. The lowest BCUT2D eigenvalue weighted by Gasteiger charge is -2.05. The highest BCUT2D eigenvalue weighted by molar-refractivity contribution is 9.10. The predicted octanol–water partition coefficient (Wildman–Crippen LogP) is 7.83. The maximum Gasteiger partial charge on any atom is 0.138 e. The molecular formula is C36H22BrClN12. The summed E-state index contributed by atoms with van der Waals surface area (Å²) in [5.41, 5.74) is 7.71. The Morgan fingerprint density at radius 2 is 1.22 bits per heavy atom. The van der Waals surface area contributed by atoms with Crippen LogP contribution in [0.15, 0.2) is 115 Å². The van der Waals surface area contributed by atoms with Crippen molar-refractivity contribution in [3.63, 3.8) is 0 Å². The molecule has 8 rings (SSSR count). The summed E-state index contributed by atoms with van der Waals surface area (Å²) in [4.78, 5) is 22.6. The van der Waals surface area contributed by atoms with Crippen molar-refractivity contribution in [2.75, 3.05) is 0 Å². The number of hydrogen-bond acceptors (Lipinski definition) is 8. The van der Waals surface area contributed by atoms with Gasteiger partial charge in [0.15, 0.2) is 0 Å². The number of allylic oxidation sites excluding steroid dienone is 2. The monoisotopic (exact) mass is 736 g/mol. The summed E-state index contributed by atoms with van der Waals surface area (Å²) in [6.07, 6.45) is 20.1. The van der Waals surface area contributed by atoms with E-state index < -0.39 is 0 Å². The standard InChI is InChI=1S/C18H11BrN6.C18H11ClN6/c2*19-14-1-2-17-15(6-14)16(9-23-17)12(7-20)5-13-8-21-4-3-18(13)25-11-22-10-24-25/h2*1-6,8-11,23H/b2*12-5+. The van der Waals surface area contributed by atoms with E-state index in [1.54, 1.807) is 52.9 Å². The van der Waals surface area contributed by atoms with Gasteiger partial charge in [-0.1, -0.05) is 27.5 Å². The van der Waals surface area contributed by atoms with Crippen LogP contribution in [0.25, 0.3) is 56.5 Å². The second-order valence-corrected chi connectivity index (χ2v) is 12.0. The molecule has 0 amide bonds. The van der Waals surface area contributed by atoms with Crippen LogP contribution in [0.2, 0.25) is 5.02 Å². The number of hydrogen-bond donors (Lipinski definition) is 2. The van der Waals surface area contributed by atoms with Gasteiger partial charge < -0.3 is 9.97 Å². The molecule has 0 bridgehead atoms. The zero-order valence-corrected chi connectivity index (χ0v) is 28.1. The van der Waals surface area contributed by atoms with Gasteiger partial charge in [0.2, 0.25) is 0 Å². The van der Waals surface area contributed by atoms with Crippen LogP contribution in [0.4, 0.5) is 0 Å². The first-order valence-corrected chi connectivity index (χ1v) is 16.0. The van der Waals surface area contributed by atoms with Crippen LogP contribution < -0.4 is 0 Å². The van der Waals surface area contributed by atoms with Gasteiger partial charge in [0.1, 0.15) is 25.3 Å². The highest BCUT2D eigenvalue weighted by Crippen LogP contribution is 2.31. The second kappa shape index (κ2) is 14.2. The van der Waals surface area contributed by atoms with E-state index in [1.165, 1.54) is 12.7 Å². The Bertz CT molecular complexity index is 2420. The Kier molecular flexibility index (Phi) is 9.07. The van der Waals surface area contributed by atoms with Gasteiger partial charge in [-0.05, 0) is 60.7 Å². The van der Waals surface area contributed by atoms with Crippen molar-refractivity contribution in [1.82, 2.24) is 49.5 Å². The van der Waals surface area contributed by atoms with Crippen molar-refractivity contribution >= 4 is 72.6 Å². The molecule has 6 aromatic heterocycles. The fourth-order valence-corrected chi connectivity index (χ4v) is 5.92. The zero-order chi connectivity index (χ0) is 34.5. The highest BCUT2D eigenvalue weighted by atomic mass is 79.9. The molecule has 50 heavy (non-hydrogen) atoms. The number of aromatic amines is 2. The van der Waals surface area contributed by atoms with Crippen LogP contribution in [0, 0.1) is 22.7 Å². The molecule has 0 fully saturated rings. The van der Waals surface area contributed by atoms with E-state index in [0.29, 0.717) is 16.2 Å². The Balaban J connectivity index is 0.000000157. The van der Waals surface area contributed by atoms with Crippen molar-refractivity contribution in [2.24, 2.45) is 0 Å². The number of rotatable bonds is 6. The van der Waals surface area contributed by atoms with Gasteiger partial charge in [0.05, 0.1) is 34.7 Å². The molecule has 0 saturated carbocycles. The van der Waals surface area contributed by atoms with Crippen LogP contribution in [-0.4, -0.2) is 49.5 Å². The molecule has 2 N–H and O–H groups in total. The molecule has 0 unspecified atom stereocenters. The Hall–Kier alpha value is -6.67. The highest BCUT2D eigenvalue weighted by Gasteiger charge is 2.13. The number of aromatic nitrogens is 10. The lowest BCUT2D eigenvalue weighted by molar-refractivity contribution is 0.874. The lowest BCUT2D eigenvalue weighted by atomic mass is 10.0. The topological polar surface area (TPSA) is 166 Å². The van der Waals surface area contributed by atoms with Crippen molar-refractivity contribution in [3.8, 4) is 23.5 Å². The number of benzene rings is 2. The van der Waals surface area contributed by atoms with Crippen molar-refractivity contribution in [1.29, 1.82) is 10.5 Å². The number of H-pyrrole nitrogens is 2. The third-order valence-corrected chi connectivity index (χ3v) is 8.42. The SMILES string of the molecule is N#C/C(=C\c1cnccc1-n1cncn1)c1c[nH]c2ccc(Br)cc12.N#C/C(=C\c1cnccc1-n1cncn1)c1c[nH]c2ccc(Cl)cc12. The average molecular weight is 738 g/mol. The summed E-state index contributed by atoms with van der Waals surface area (Å²) in [5.74, 6) is 0. The second-order valence-electron chi connectivity index (χ2n) is 10.7. The van der Waals surface area contributed by atoms with Gasteiger partial charge in [-0.25, -0.2) is 19.3 Å². The first-order valence-electron chi connectivity index (χ1n) is 14.9. The van der Waals surface area contributed by atoms with E-state index in [-0.39, 0.29) is 0 Å². The van der Waals surface area contributed by atoms with Gasteiger partial charge in [0, 0.05) is 90.7 Å². The van der Waals surface area contributed by atoms with E-state index in [2.05, 4.69) is 68.2 Å². The minimum atomic E-state index is 0.503. The maximum atomic E-state index is 9.71. The molecule has 2 aromatic carbocycles. The Morgan fingerprint density at radius 1 is 0.700 bits per heavy atom. The molecule has 0 atom stereocenters. The molecular weight excluding hydrogens is 716 g/mol. The van der Waals surface area contributed by atoms with Gasteiger partial charge in [-0.15, -0.1) is 0 Å².